The summed E-state index contributed by atoms with van der Waals surface area (Å²) in [5, 5.41) is 5.06. The molecule has 108 valence electrons. The molecule has 0 unspecified atom stereocenters. The van der Waals surface area contributed by atoms with Crippen LogP contribution in [-0.4, -0.2) is 16.8 Å². The zero-order valence-electron chi connectivity index (χ0n) is 12.2. The van der Waals surface area contributed by atoms with Crippen molar-refractivity contribution in [2.75, 3.05) is 10.6 Å². The summed E-state index contributed by atoms with van der Waals surface area (Å²) in [5.41, 5.74) is 3.60. The first-order valence-electron chi connectivity index (χ1n) is 6.58. The Bertz CT molecular complexity index is 678. The van der Waals surface area contributed by atoms with Gasteiger partial charge in [-0.25, -0.2) is 4.98 Å². The molecule has 1 aromatic carbocycles. The Hall–Kier alpha value is -2.69. The van der Waals surface area contributed by atoms with E-state index in [1.54, 1.807) is 18.3 Å². The van der Waals surface area contributed by atoms with Crippen molar-refractivity contribution in [2.24, 2.45) is 0 Å². The van der Waals surface area contributed by atoms with Gasteiger partial charge in [-0.2, -0.15) is 0 Å². The van der Waals surface area contributed by atoms with Crippen molar-refractivity contribution >= 4 is 23.3 Å². The zero-order valence-corrected chi connectivity index (χ0v) is 12.2. The van der Waals surface area contributed by atoms with Crippen LogP contribution < -0.4 is 10.6 Å². The number of carbonyl (C=O) groups excluding carboxylic acids is 2. The molecule has 21 heavy (non-hydrogen) atoms. The van der Waals surface area contributed by atoms with Crippen LogP contribution in [0.4, 0.5) is 11.5 Å². The molecule has 1 heterocycles. The highest BCUT2D eigenvalue weighted by Gasteiger charge is 2.15. The molecule has 2 rings (SSSR count). The summed E-state index contributed by atoms with van der Waals surface area (Å²) in [6, 6.07) is 9.00. The normalized spacial score (nSPS) is 10.0. The van der Waals surface area contributed by atoms with Crippen molar-refractivity contribution in [2.45, 2.75) is 20.8 Å². The van der Waals surface area contributed by atoms with Crippen molar-refractivity contribution in [3.8, 4) is 0 Å². The molecule has 5 nitrogen and oxygen atoms in total. The van der Waals surface area contributed by atoms with Gasteiger partial charge in [-0.05, 0) is 49.6 Å². The van der Waals surface area contributed by atoms with E-state index in [2.05, 4.69) is 15.6 Å². The fraction of sp³-hybridized carbons (Fsp3) is 0.188. The number of nitrogens with zero attached hydrogens (tertiary/aromatic N) is 1. The van der Waals surface area contributed by atoms with Gasteiger partial charge in [-0.1, -0.05) is 18.2 Å². The van der Waals surface area contributed by atoms with E-state index >= 15 is 0 Å². The maximum absolute atomic E-state index is 11.9. The van der Waals surface area contributed by atoms with Gasteiger partial charge < -0.3 is 10.6 Å². The van der Waals surface area contributed by atoms with Crippen LogP contribution >= 0.6 is 0 Å². The third-order valence-corrected chi connectivity index (χ3v) is 3.21. The number of hydrogen-bond acceptors (Lipinski definition) is 3. The summed E-state index contributed by atoms with van der Waals surface area (Å²) in [6.45, 7) is 5.73. The Morgan fingerprint density at radius 2 is 1.67 bits per heavy atom. The number of rotatable bonds is 2. The number of nitrogens with one attached hydrogen (secondary N) is 2. The van der Waals surface area contributed by atoms with E-state index in [9.17, 15) is 9.59 Å². The molecule has 2 amide bonds. The van der Waals surface area contributed by atoms with Crippen LogP contribution in [0.3, 0.4) is 0 Å². The average Bonchev–Trinajstić information content (AvgIpc) is 2.46. The second-order valence-corrected chi connectivity index (χ2v) is 4.88. The number of aryl methyl sites for hydroxylation is 2. The molecule has 0 aliphatic rings. The second kappa shape index (κ2) is 6.17. The zero-order chi connectivity index (χ0) is 15.4. The van der Waals surface area contributed by atoms with Gasteiger partial charge in [-0.3, -0.25) is 9.59 Å². The largest absolute Gasteiger partial charge is 0.318 e. The maximum Gasteiger partial charge on any atom is 0.315 e. The number of hydrogen-bond donors (Lipinski definition) is 2. The van der Waals surface area contributed by atoms with E-state index < -0.39 is 11.8 Å². The predicted octanol–water partition coefficient (Wildman–Crippen LogP) is 2.58. The van der Waals surface area contributed by atoms with Gasteiger partial charge in [0.1, 0.15) is 5.82 Å². The summed E-state index contributed by atoms with van der Waals surface area (Å²) in [7, 11) is 0. The Morgan fingerprint density at radius 1 is 0.952 bits per heavy atom. The van der Waals surface area contributed by atoms with E-state index in [0.29, 0.717) is 11.5 Å². The average molecular weight is 283 g/mol. The fourth-order valence-corrected chi connectivity index (χ4v) is 1.78. The molecule has 0 saturated heterocycles. The highest BCUT2D eigenvalue weighted by Crippen LogP contribution is 2.17. The van der Waals surface area contributed by atoms with Crippen LogP contribution in [-0.2, 0) is 9.59 Å². The van der Waals surface area contributed by atoms with Crippen LogP contribution in [0, 0.1) is 20.8 Å². The Balaban J connectivity index is 2.04. The van der Waals surface area contributed by atoms with Gasteiger partial charge in [0.05, 0.1) is 0 Å². The summed E-state index contributed by atoms with van der Waals surface area (Å²) in [4.78, 5) is 27.8. The number of benzene rings is 1. The molecule has 0 bridgehead atoms. The lowest BCUT2D eigenvalue weighted by Crippen LogP contribution is -2.29. The van der Waals surface area contributed by atoms with Gasteiger partial charge in [-0.15, -0.1) is 0 Å². The van der Waals surface area contributed by atoms with E-state index in [-0.39, 0.29) is 0 Å². The molecule has 0 radical (unpaired) electrons. The molecule has 5 heteroatoms. The predicted molar refractivity (Wildman–Crippen MR) is 82.1 cm³/mol. The number of aromatic nitrogens is 1. The summed E-state index contributed by atoms with van der Waals surface area (Å²) >= 11 is 0. The second-order valence-electron chi connectivity index (χ2n) is 4.88. The van der Waals surface area contributed by atoms with E-state index in [0.717, 1.165) is 16.7 Å². The molecular formula is C16H17N3O2. The van der Waals surface area contributed by atoms with Crippen molar-refractivity contribution in [3.63, 3.8) is 0 Å². The monoisotopic (exact) mass is 283 g/mol. The third-order valence-electron chi connectivity index (χ3n) is 3.21. The standard InChI is InChI=1S/C16H17N3O2/c1-10-7-8-14(17-9-10)19-16(21)15(20)18-13-6-4-5-11(2)12(13)3/h4-9H,1-3H3,(H,18,20)(H,17,19,21). The van der Waals surface area contributed by atoms with Crippen molar-refractivity contribution in [1.82, 2.24) is 4.98 Å². The lowest BCUT2D eigenvalue weighted by molar-refractivity contribution is -0.133. The number of pyridine rings is 1. The molecule has 2 N–H and O–H groups in total. The van der Waals surface area contributed by atoms with Crippen LogP contribution in [0.1, 0.15) is 16.7 Å². The van der Waals surface area contributed by atoms with E-state index in [1.807, 2.05) is 39.0 Å². The molecule has 1 aromatic heterocycles. The quantitative estimate of drug-likeness (QED) is 0.832. The molecule has 0 aliphatic carbocycles. The summed E-state index contributed by atoms with van der Waals surface area (Å²) in [5.74, 6) is -1.11. The van der Waals surface area contributed by atoms with Crippen molar-refractivity contribution in [3.05, 3.63) is 53.2 Å². The summed E-state index contributed by atoms with van der Waals surface area (Å²) in [6.07, 6.45) is 1.62. The molecule has 0 aliphatic heterocycles. The molecule has 0 atom stereocenters. The van der Waals surface area contributed by atoms with Crippen LogP contribution in [0.5, 0.6) is 0 Å². The first-order valence-corrected chi connectivity index (χ1v) is 6.58. The SMILES string of the molecule is Cc1ccc(NC(=O)C(=O)Nc2cccc(C)c2C)nc1. The van der Waals surface area contributed by atoms with Gasteiger partial charge >= 0.3 is 11.8 Å². The molecule has 0 saturated carbocycles. The smallest absolute Gasteiger partial charge is 0.315 e. The Labute approximate surface area is 123 Å². The Morgan fingerprint density at radius 3 is 2.33 bits per heavy atom. The van der Waals surface area contributed by atoms with Gasteiger partial charge in [0, 0.05) is 11.9 Å². The molecular weight excluding hydrogens is 266 g/mol. The topological polar surface area (TPSA) is 71.1 Å². The minimum atomic E-state index is -0.743. The van der Waals surface area contributed by atoms with Gasteiger partial charge in [0.25, 0.3) is 0 Å². The number of anilines is 2. The van der Waals surface area contributed by atoms with E-state index in [4.69, 9.17) is 0 Å². The lowest BCUT2D eigenvalue weighted by Gasteiger charge is -2.10. The van der Waals surface area contributed by atoms with Crippen LogP contribution in [0.2, 0.25) is 0 Å². The Kier molecular flexibility index (Phi) is 4.33. The highest BCUT2D eigenvalue weighted by molar-refractivity contribution is 6.43. The van der Waals surface area contributed by atoms with Gasteiger partial charge in [0.15, 0.2) is 0 Å². The molecule has 0 fully saturated rings. The number of amides is 2. The third kappa shape index (κ3) is 3.66. The van der Waals surface area contributed by atoms with Gasteiger partial charge in [0.2, 0.25) is 0 Å². The molecule has 0 spiro atoms. The minimum Gasteiger partial charge on any atom is -0.318 e. The number of carbonyl (C=O) groups is 2. The first kappa shape index (κ1) is 14.7. The first-order chi connectivity index (χ1) is 9.97. The fourth-order valence-electron chi connectivity index (χ4n) is 1.78. The summed E-state index contributed by atoms with van der Waals surface area (Å²) < 4.78 is 0. The van der Waals surface area contributed by atoms with Crippen LogP contribution in [0.25, 0.3) is 0 Å². The van der Waals surface area contributed by atoms with E-state index in [1.165, 1.54) is 0 Å². The highest BCUT2D eigenvalue weighted by atomic mass is 16.2. The molecule has 2 aromatic rings. The maximum atomic E-state index is 11.9. The van der Waals surface area contributed by atoms with Crippen molar-refractivity contribution in [1.29, 1.82) is 0 Å². The lowest BCUT2D eigenvalue weighted by atomic mass is 10.1. The van der Waals surface area contributed by atoms with Crippen LogP contribution in [0.15, 0.2) is 36.5 Å². The minimum absolute atomic E-state index is 0.349. The van der Waals surface area contributed by atoms with Crippen molar-refractivity contribution < 1.29 is 9.59 Å².